The van der Waals surface area contributed by atoms with Gasteiger partial charge in [0.1, 0.15) is 5.41 Å². The van der Waals surface area contributed by atoms with Crippen molar-refractivity contribution in [3.8, 4) is 6.07 Å². The molecule has 4 unspecified atom stereocenters. The maximum atomic E-state index is 10.6. The van der Waals surface area contributed by atoms with E-state index in [1.54, 1.807) is 0 Å². The monoisotopic (exact) mass is 208 g/mol. The SMILES string of the molecule is N#CC1(C2(O)CCNC2)CC2CCC1O2. The van der Waals surface area contributed by atoms with Gasteiger partial charge >= 0.3 is 0 Å². The molecule has 3 aliphatic rings. The topological polar surface area (TPSA) is 65.3 Å². The molecular formula is C11H16N2O2. The van der Waals surface area contributed by atoms with Crippen molar-refractivity contribution in [2.45, 2.75) is 43.5 Å². The fourth-order valence-electron chi connectivity index (χ4n) is 3.48. The molecule has 2 N–H and O–H groups in total. The number of aliphatic hydroxyl groups is 1. The Bertz CT molecular complexity index is 319. The predicted octanol–water partition coefficient (Wildman–Crippen LogP) is 0.172. The highest BCUT2D eigenvalue weighted by Crippen LogP contribution is 2.54. The summed E-state index contributed by atoms with van der Waals surface area (Å²) in [6.45, 7) is 1.34. The Morgan fingerprint density at radius 1 is 1.47 bits per heavy atom. The number of nitrogens with one attached hydrogen (secondary N) is 1. The molecule has 3 fully saturated rings. The van der Waals surface area contributed by atoms with Crippen molar-refractivity contribution in [1.82, 2.24) is 5.32 Å². The van der Waals surface area contributed by atoms with Gasteiger partial charge in [-0.2, -0.15) is 5.26 Å². The summed E-state index contributed by atoms with van der Waals surface area (Å²) in [6.07, 6.45) is 3.54. The number of fused-ring (bicyclic) bond motifs is 2. The minimum Gasteiger partial charge on any atom is -0.387 e. The molecular weight excluding hydrogens is 192 g/mol. The number of hydrogen-bond donors (Lipinski definition) is 2. The van der Waals surface area contributed by atoms with Crippen LogP contribution in [0.4, 0.5) is 0 Å². The van der Waals surface area contributed by atoms with Crippen LogP contribution in [0.15, 0.2) is 0 Å². The first-order valence-electron chi connectivity index (χ1n) is 5.70. The van der Waals surface area contributed by atoms with Crippen molar-refractivity contribution < 1.29 is 9.84 Å². The number of hydrogen-bond acceptors (Lipinski definition) is 4. The van der Waals surface area contributed by atoms with Gasteiger partial charge in [0.2, 0.25) is 0 Å². The Kier molecular flexibility index (Phi) is 1.88. The average molecular weight is 208 g/mol. The molecule has 0 aliphatic carbocycles. The highest BCUT2D eigenvalue weighted by Gasteiger charge is 2.64. The molecule has 3 rings (SSSR count). The first-order chi connectivity index (χ1) is 7.20. The minimum atomic E-state index is -0.873. The first-order valence-corrected chi connectivity index (χ1v) is 5.70. The third kappa shape index (κ3) is 1.06. The Balaban J connectivity index is 1.97. The maximum absolute atomic E-state index is 10.6. The van der Waals surface area contributed by atoms with Crippen molar-refractivity contribution in [3.63, 3.8) is 0 Å². The van der Waals surface area contributed by atoms with E-state index in [-0.39, 0.29) is 12.2 Å². The number of nitrogens with zero attached hydrogens (tertiary/aromatic N) is 1. The van der Waals surface area contributed by atoms with E-state index in [1.807, 2.05) is 0 Å². The van der Waals surface area contributed by atoms with E-state index < -0.39 is 11.0 Å². The van der Waals surface area contributed by atoms with Crippen LogP contribution in [0, 0.1) is 16.7 Å². The lowest BCUT2D eigenvalue weighted by molar-refractivity contribution is -0.0702. The van der Waals surface area contributed by atoms with Crippen molar-refractivity contribution in [2.24, 2.45) is 5.41 Å². The molecule has 4 atom stereocenters. The summed E-state index contributed by atoms with van der Waals surface area (Å²) in [5, 5.41) is 23.2. The smallest absolute Gasteiger partial charge is 0.116 e. The average Bonchev–Trinajstić information content (AvgIpc) is 2.91. The van der Waals surface area contributed by atoms with Gasteiger partial charge in [-0.05, 0) is 32.2 Å². The van der Waals surface area contributed by atoms with Gasteiger partial charge in [0.05, 0.1) is 23.9 Å². The molecule has 0 aromatic heterocycles. The van der Waals surface area contributed by atoms with E-state index >= 15 is 0 Å². The molecule has 3 heterocycles. The molecule has 0 amide bonds. The molecule has 3 aliphatic heterocycles. The van der Waals surface area contributed by atoms with Crippen molar-refractivity contribution >= 4 is 0 Å². The normalized spacial score (nSPS) is 53.3. The van der Waals surface area contributed by atoms with Crippen LogP contribution < -0.4 is 5.32 Å². The number of rotatable bonds is 1. The van der Waals surface area contributed by atoms with Crippen LogP contribution in [-0.4, -0.2) is 36.0 Å². The number of nitriles is 1. The number of β-amino-alcohol motifs (C(OH)–C–C–N with tert-alkyl or cyclic N) is 1. The Morgan fingerprint density at radius 2 is 2.33 bits per heavy atom. The highest BCUT2D eigenvalue weighted by atomic mass is 16.5. The fraction of sp³-hybridized carbons (Fsp3) is 0.909. The quantitative estimate of drug-likeness (QED) is 0.645. The van der Waals surface area contributed by atoms with E-state index in [2.05, 4.69) is 11.4 Å². The van der Waals surface area contributed by atoms with Crippen LogP contribution in [-0.2, 0) is 4.74 Å². The summed E-state index contributed by atoms with van der Waals surface area (Å²) in [4.78, 5) is 0. The Hall–Kier alpha value is -0.630. The standard InChI is InChI=1S/C11H16N2O2/c12-6-10(11(14)3-4-13-7-11)5-8-1-2-9(10)15-8/h8-9,13-14H,1-5,7H2. The molecule has 0 radical (unpaired) electrons. The molecule has 82 valence electrons. The summed E-state index contributed by atoms with van der Waals surface area (Å²) in [5.41, 5.74) is -1.53. The molecule has 4 heteroatoms. The molecule has 15 heavy (non-hydrogen) atoms. The van der Waals surface area contributed by atoms with Crippen molar-refractivity contribution in [3.05, 3.63) is 0 Å². The zero-order chi connectivity index (χ0) is 10.5. The summed E-state index contributed by atoms with van der Waals surface area (Å²) in [7, 11) is 0. The second-order valence-corrected chi connectivity index (χ2v) is 5.07. The summed E-state index contributed by atoms with van der Waals surface area (Å²) in [5.74, 6) is 0. The van der Waals surface area contributed by atoms with Crippen LogP contribution in [0.5, 0.6) is 0 Å². The Morgan fingerprint density at radius 3 is 2.80 bits per heavy atom. The van der Waals surface area contributed by atoms with Gasteiger partial charge in [0.25, 0.3) is 0 Å². The zero-order valence-corrected chi connectivity index (χ0v) is 8.70. The van der Waals surface area contributed by atoms with Crippen molar-refractivity contribution in [1.29, 1.82) is 5.26 Å². The zero-order valence-electron chi connectivity index (χ0n) is 8.70. The van der Waals surface area contributed by atoms with Crippen LogP contribution in [0.2, 0.25) is 0 Å². The fourth-order valence-corrected chi connectivity index (χ4v) is 3.48. The van der Waals surface area contributed by atoms with Gasteiger partial charge in [-0.15, -0.1) is 0 Å². The van der Waals surface area contributed by atoms with E-state index in [9.17, 15) is 10.4 Å². The lowest BCUT2D eigenvalue weighted by Crippen LogP contribution is -2.54. The van der Waals surface area contributed by atoms with E-state index in [0.717, 1.165) is 19.4 Å². The second-order valence-electron chi connectivity index (χ2n) is 5.07. The summed E-state index contributed by atoms with van der Waals surface area (Å²) in [6, 6.07) is 2.38. The maximum Gasteiger partial charge on any atom is 0.116 e. The predicted molar refractivity (Wildman–Crippen MR) is 53.0 cm³/mol. The van der Waals surface area contributed by atoms with Crippen LogP contribution >= 0.6 is 0 Å². The third-order valence-corrected chi connectivity index (χ3v) is 4.37. The van der Waals surface area contributed by atoms with Crippen LogP contribution in [0.1, 0.15) is 25.7 Å². The molecule has 0 aromatic rings. The molecule has 0 spiro atoms. The lowest BCUT2D eigenvalue weighted by atomic mass is 9.63. The number of ether oxygens (including phenoxy) is 1. The Labute approximate surface area is 89.2 Å². The molecule has 0 saturated carbocycles. The van der Waals surface area contributed by atoms with E-state index in [4.69, 9.17) is 4.74 Å². The van der Waals surface area contributed by atoms with E-state index in [1.165, 1.54) is 0 Å². The van der Waals surface area contributed by atoms with Crippen LogP contribution in [0.25, 0.3) is 0 Å². The summed E-state index contributed by atoms with van der Waals surface area (Å²) < 4.78 is 5.75. The lowest BCUT2D eigenvalue weighted by Gasteiger charge is -2.40. The third-order valence-electron chi connectivity index (χ3n) is 4.37. The minimum absolute atomic E-state index is 0.0441. The molecule has 4 nitrogen and oxygen atoms in total. The first kappa shape index (κ1) is 9.59. The van der Waals surface area contributed by atoms with Crippen LogP contribution in [0.3, 0.4) is 0 Å². The van der Waals surface area contributed by atoms with Crippen molar-refractivity contribution in [2.75, 3.05) is 13.1 Å². The molecule has 2 bridgehead atoms. The largest absolute Gasteiger partial charge is 0.387 e. The second kappa shape index (κ2) is 2.94. The van der Waals surface area contributed by atoms with Gasteiger partial charge in [0.15, 0.2) is 0 Å². The van der Waals surface area contributed by atoms with Gasteiger partial charge < -0.3 is 15.2 Å². The molecule has 0 aromatic carbocycles. The van der Waals surface area contributed by atoms with Gasteiger partial charge in [-0.1, -0.05) is 0 Å². The van der Waals surface area contributed by atoms with E-state index in [0.29, 0.717) is 19.4 Å². The van der Waals surface area contributed by atoms with Gasteiger partial charge in [0, 0.05) is 6.54 Å². The highest BCUT2D eigenvalue weighted by molar-refractivity contribution is 5.22. The summed E-state index contributed by atoms with van der Waals surface area (Å²) >= 11 is 0. The molecule has 3 saturated heterocycles. The van der Waals surface area contributed by atoms with Gasteiger partial charge in [-0.25, -0.2) is 0 Å². The van der Waals surface area contributed by atoms with Gasteiger partial charge in [-0.3, -0.25) is 0 Å².